The van der Waals surface area contributed by atoms with Crippen molar-refractivity contribution in [2.75, 3.05) is 19.8 Å². The number of ether oxygens (including phenoxy) is 2. The molecule has 0 aliphatic heterocycles. The second-order valence-corrected chi connectivity index (χ2v) is 1.85. The largest absolute Gasteiger partial charge is 0.448 e. The van der Waals surface area contributed by atoms with Crippen molar-refractivity contribution in [3.05, 3.63) is 0 Å². The highest BCUT2D eigenvalue weighted by atomic mass is 16.7. The SMILES string of the molecule is CC[NH2+]N=C(OCC)OCC. The monoisotopic (exact) mass is 161 g/mol. The topological polar surface area (TPSA) is 47.4 Å². The highest BCUT2D eigenvalue weighted by molar-refractivity contribution is 5.65. The van der Waals surface area contributed by atoms with Gasteiger partial charge in [-0.15, -0.1) is 0 Å². The molecule has 0 saturated heterocycles. The first kappa shape index (κ1) is 10.2. The summed E-state index contributed by atoms with van der Waals surface area (Å²) >= 11 is 0. The van der Waals surface area contributed by atoms with Gasteiger partial charge in [-0.2, -0.15) is 0 Å². The molecule has 0 saturated carbocycles. The number of nitrogens with zero attached hydrogens (tertiary/aromatic N) is 1. The zero-order valence-electron chi connectivity index (χ0n) is 7.46. The van der Waals surface area contributed by atoms with Crippen LogP contribution in [0.2, 0.25) is 0 Å². The van der Waals surface area contributed by atoms with Crippen molar-refractivity contribution in [2.24, 2.45) is 5.10 Å². The summed E-state index contributed by atoms with van der Waals surface area (Å²) in [6.45, 7) is 7.90. The molecular formula is C7H17N2O2+. The molecule has 0 amide bonds. The van der Waals surface area contributed by atoms with Gasteiger partial charge in [0.15, 0.2) is 0 Å². The molecule has 0 unspecified atom stereocenters. The van der Waals surface area contributed by atoms with Crippen LogP contribution in [0.25, 0.3) is 0 Å². The zero-order chi connectivity index (χ0) is 8.53. The Hall–Kier alpha value is -0.770. The summed E-state index contributed by atoms with van der Waals surface area (Å²) < 4.78 is 10.2. The van der Waals surface area contributed by atoms with Gasteiger partial charge in [0.2, 0.25) is 0 Å². The molecule has 0 aromatic carbocycles. The molecule has 0 aromatic heterocycles. The third-order valence-electron chi connectivity index (χ3n) is 0.915. The molecule has 0 spiro atoms. The van der Waals surface area contributed by atoms with Crippen molar-refractivity contribution in [3.8, 4) is 0 Å². The summed E-state index contributed by atoms with van der Waals surface area (Å²) in [5, 5.41) is 3.97. The van der Waals surface area contributed by atoms with Crippen LogP contribution in [-0.4, -0.2) is 25.8 Å². The van der Waals surface area contributed by atoms with E-state index >= 15 is 0 Å². The number of quaternary nitrogens is 1. The lowest BCUT2D eigenvalue weighted by atomic mass is 10.8. The maximum Gasteiger partial charge on any atom is 0.436 e. The van der Waals surface area contributed by atoms with Crippen LogP contribution in [0.3, 0.4) is 0 Å². The highest BCUT2D eigenvalue weighted by Gasteiger charge is 1.99. The minimum absolute atomic E-state index is 0.372. The van der Waals surface area contributed by atoms with Gasteiger partial charge in [0, 0.05) is 0 Å². The maximum atomic E-state index is 5.08. The summed E-state index contributed by atoms with van der Waals surface area (Å²) in [7, 11) is 0. The standard InChI is InChI=1S/C7H16N2O2/c1-4-8-9-7(10-5-2)11-6-3/h8H,4-6H2,1-3H3/p+1. The lowest BCUT2D eigenvalue weighted by Gasteiger charge is -2.03. The third-order valence-corrected chi connectivity index (χ3v) is 0.915. The van der Waals surface area contributed by atoms with E-state index in [1.165, 1.54) is 0 Å². The van der Waals surface area contributed by atoms with Gasteiger partial charge in [0.25, 0.3) is 0 Å². The Bertz CT molecular complexity index is 107. The maximum absolute atomic E-state index is 5.08. The lowest BCUT2D eigenvalue weighted by Crippen LogP contribution is -2.78. The minimum Gasteiger partial charge on any atom is -0.448 e. The van der Waals surface area contributed by atoms with Crippen molar-refractivity contribution in [2.45, 2.75) is 20.8 Å². The summed E-state index contributed by atoms with van der Waals surface area (Å²) in [6.07, 6.45) is 0.372. The molecule has 0 bridgehead atoms. The Morgan fingerprint density at radius 3 is 2.09 bits per heavy atom. The summed E-state index contributed by atoms with van der Waals surface area (Å²) in [6, 6.07) is 0. The lowest BCUT2D eigenvalue weighted by molar-refractivity contribution is -0.659. The molecular weight excluding hydrogens is 144 g/mol. The predicted octanol–water partition coefficient (Wildman–Crippen LogP) is -0.0863. The van der Waals surface area contributed by atoms with E-state index in [-0.39, 0.29) is 0 Å². The molecule has 0 heterocycles. The first-order valence-electron chi connectivity index (χ1n) is 4.00. The normalized spacial score (nSPS) is 9.00. The molecule has 0 aromatic rings. The first-order chi connectivity index (χ1) is 5.35. The zero-order valence-corrected chi connectivity index (χ0v) is 7.46. The summed E-state index contributed by atoms with van der Waals surface area (Å²) in [5.41, 5.74) is 1.76. The van der Waals surface area contributed by atoms with Crippen LogP contribution in [0, 0.1) is 0 Å². The van der Waals surface area contributed by atoms with Crippen LogP contribution in [-0.2, 0) is 9.47 Å². The van der Waals surface area contributed by atoms with Crippen molar-refractivity contribution in [3.63, 3.8) is 0 Å². The molecule has 0 fully saturated rings. The van der Waals surface area contributed by atoms with E-state index in [0.29, 0.717) is 19.3 Å². The number of hydrogen-bond donors (Lipinski definition) is 1. The summed E-state index contributed by atoms with van der Waals surface area (Å²) in [4.78, 5) is 0. The Balaban J connectivity index is 3.66. The molecule has 4 heteroatoms. The number of hydrogen-bond acceptors (Lipinski definition) is 3. The van der Waals surface area contributed by atoms with Crippen LogP contribution in [0.4, 0.5) is 0 Å². The van der Waals surface area contributed by atoms with Crippen molar-refractivity contribution in [1.29, 1.82) is 0 Å². The average Bonchev–Trinajstić information content (AvgIpc) is 2.01. The fraction of sp³-hybridized carbons (Fsp3) is 0.857. The molecule has 0 aliphatic carbocycles. The van der Waals surface area contributed by atoms with Gasteiger partial charge in [0.05, 0.1) is 19.8 Å². The van der Waals surface area contributed by atoms with Gasteiger partial charge in [-0.25, -0.2) is 5.43 Å². The second kappa shape index (κ2) is 7.34. The molecule has 0 rings (SSSR count). The van der Waals surface area contributed by atoms with Gasteiger partial charge in [-0.1, -0.05) is 0 Å². The van der Waals surface area contributed by atoms with Crippen LogP contribution in [0.15, 0.2) is 5.10 Å². The Kier molecular flexibility index (Phi) is 6.82. The third kappa shape index (κ3) is 5.66. The van der Waals surface area contributed by atoms with Crippen LogP contribution in [0.5, 0.6) is 0 Å². The van der Waals surface area contributed by atoms with E-state index in [2.05, 4.69) is 5.10 Å². The fourth-order valence-electron chi connectivity index (χ4n) is 0.529. The van der Waals surface area contributed by atoms with Gasteiger partial charge in [-0.3, -0.25) is 0 Å². The van der Waals surface area contributed by atoms with Crippen LogP contribution >= 0.6 is 0 Å². The highest BCUT2D eigenvalue weighted by Crippen LogP contribution is 1.82. The molecule has 11 heavy (non-hydrogen) atoms. The van der Waals surface area contributed by atoms with Crippen molar-refractivity contribution in [1.82, 2.24) is 0 Å². The van der Waals surface area contributed by atoms with Crippen LogP contribution in [0.1, 0.15) is 20.8 Å². The first-order valence-corrected chi connectivity index (χ1v) is 4.00. The quantitative estimate of drug-likeness (QED) is 0.271. The van der Waals surface area contributed by atoms with E-state index in [1.54, 1.807) is 5.43 Å². The van der Waals surface area contributed by atoms with Crippen LogP contribution < -0.4 is 5.43 Å². The molecule has 66 valence electrons. The van der Waals surface area contributed by atoms with Gasteiger partial charge < -0.3 is 9.47 Å². The van der Waals surface area contributed by atoms with Gasteiger partial charge in [-0.05, 0) is 25.9 Å². The van der Waals surface area contributed by atoms with E-state index < -0.39 is 0 Å². The molecule has 0 aliphatic rings. The predicted molar refractivity (Wildman–Crippen MR) is 43.2 cm³/mol. The second-order valence-electron chi connectivity index (χ2n) is 1.85. The van der Waals surface area contributed by atoms with Gasteiger partial charge in [0.1, 0.15) is 0 Å². The fourth-order valence-corrected chi connectivity index (χ4v) is 0.529. The smallest absolute Gasteiger partial charge is 0.436 e. The Labute approximate surface area is 67.6 Å². The Morgan fingerprint density at radius 1 is 1.18 bits per heavy atom. The molecule has 0 radical (unpaired) electrons. The molecule has 4 nitrogen and oxygen atoms in total. The minimum atomic E-state index is 0.372. The van der Waals surface area contributed by atoms with Crippen molar-refractivity contribution >= 4 is 6.08 Å². The number of rotatable bonds is 4. The molecule has 2 N–H and O–H groups in total. The van der Waals surface area contributed by atoms with E-state index in [1.807, 2.05) is 20.8 Å². The van der Waals surface area contributed by atoms with Crippen molar-refractivity contribution < 1.29 is 14.9 Å². The number of nitrogens with two attached hydrogens (primary N) is 1. The van der Waals surface area contributed by atoms with E-state index in [0.717, 1.165) is 6.54 Å². The van der Waals surface area contributed by atoms with E-state index in [9.17, 15) is 0 Å². The molecule has 0 atom stereocenters. The average molecular weight is 161 g/mol. The summed E-state index contributed by atoms with van der Waals surface area (Å²) in [5.74, 6) is 0. The Morgan fingerprint density at radius 2 is 1.73 bits per heavy atom. The van der Waals surface area contributed by atoms with E-state index in [4.69, 9.17) is 9.47 Å². The van der Waals surface area contributed by atoms with Gasteiger partial charge >= 0.3 is 6.08 Å².